The van der Waals surface area contributed by atoms with E-state index >= 15 is 0 Å². The maximum Gasteiger partial charge on any atom is 0.407 e. The Morgan fingerprint density at radius 2 is 1.85 bits per heavy atom. The van der Waals surface area contributed by atoms with Gasteiger partial charge in [0.05, 0.1) is 27.4 Å². The van der Waals surface area contributed by atoms with E-state index in [2.05, 4.69) is 23.5 Å². The number of nitrogens with zero attached hydrogens (tertiary/aromatic N) is 1. The van der Waals surface area contributed by atoms with Gasteiger partial charge in [0, 0.05) is 19.1 Å². The smallest absolute Gasteiger partial charge is 0.407 e. The van der Waals surface area contributed by atoms with Crippen LogP contribution < -0.4 is 10.1 Å². The highest BCUT2D eigenvalue weighted by molar-refractivity contribution is 5.92. The number of carbonyl (C=O) groups is 3. The van der Waals surface area contributed by atoms with Gasteiger partial charge in [-0.3, -0.25) is 4.79 Å². The number of carbonyl (C=O) groups excluding carboxylic acids is 3. The molecule has 0 aromatic heterocycles. The lowest BCUT2D eigenvalue weighted by Crippen LogP contribution is -2.57. The van der Waals surface area contributed by atoms with E-state index in [4.69, 9.17) is 18.9 Å². The molecule has 2 aliphatic rings. The summed E-state index contributed by atoms with van der Waals surface area (Å²) in [6.07, 6.45) is 5.71. The first-order chi connectivity index (χ1) is 19.0. The Balaban J connectivity index is 1.88. The van der Waals surface area contributed by atoms with Crippen molar-refractivity contribution in [1.29, 1.82) is 0 Å². The predicted octanol–water partition coefficient (Wildman–Crippen LogP) is 4.50. The molecule has 3 atom stereocenters. The normalized spacial score (nSPS) is 25.1. The fourth-order valence-electron chi connectivity index (χ4n) is 5.63. The SMILES string of the molecule is COC(=O)[C@@H]1C[C@]2(OC)CN1C(=O)[C@H](C(C)(C)C)NC(=O)OCCC/C=C\Cc1c(OC)ccc3ccc2cc13. The van der Waals surface area contributed by atoms with Crippen molar-refractivity contribution in [3.63, 3.8) is 0 Å². The van der Waals surface area contributed by atoms with E-state index in [1.807, 2.05) is 45.0 Å². The van der Waals surface area contributed by atoms with Crippen LogP contribution in [0.3, 0.4) is 0 Å². The van der Waals surface area contributed by atoms with Crippen molar-refractivity contribution in [2.75, 3.05) is 34.5 Å². The number of cyclic esters (lactones) is 1. The van der Waals surface area contributed by atoms with Gasteiger partial charge < -0.3 is 29.2 Å². The number of benzene rings is 2. The van der Waals surface area contributed by atoms with E-state index in [-0.39, 0.29) is 19.6 Å². The van der Waals surface area contributed by atoms with Gasteiger partial charge in [-0.15, -0.1) is 0 Å². The van der Waals surface area contributed by atoms with Crippen molar-refractivity contribution in [2.45, 2.75) is 64.1 Å². The minimum absolute atomic E-state index is 0.107. The van der Waals surface area contributed by atoms with Crippen LogP contribution in [0.1, 0.15) is 51.2 Å². The summed E-state index contributed by atoms with van der Waals surface area (Å²) < 4.78 is 22.4. The number of nitrogens with one attached hydrogen (secondary N) is 1. The molecule has 0 radical (unpaired) electrons. The number of hydrogen-bond acceptors (Lipinski definition) is 7. The number of ether oxygens (including phenoxy) is 4. The number of amides is 2. The van der Waals surface area contributed by atoms with Gasteiger partial charge in [-0.2, -0.15) is 0 Å². The Morgan fingerprint density at radius 3 is 2.52 bits per heavy atom. The van der Waals surface area contributed by atoms with E-state index in [0.29, 0.717) is 12.8 Å². The first kappa shape index (κ1) is 29.4. The van der Waals surface area contributed by atoms with Crippen LogP contribution in [-0.4, -0.2) is 69.4 Å². The number of esters is 1. The molecule has 9 nitrogen and oxygen atoms in total. The van der Waals surface area contributed by atoms with Crippen molar-refractivity contribution < 1.29 is 33.3 Å². The Labute approximate surface area is 235 Å². The van der Waals surface area contributed by atoms with E-state index in [1.54, 1.807) is 14.2 Å². The van der Waals surface area contributed by atoms with Gasteiger partial charge in [0.1, 0.15) is 23.4 Å². The Hall–Kier alpha value is -3.59. The fourth-order valence-corrected chi connectivity index (χ4v) is 5.63. The van der Waals surface area contributed by atoms with Crippen LogP contribution in [0, 0.1) is 5.41 Å². The van der Waals surface area contributed by atoms with Crippen LogP contribution in [0.25, 0.3) is 10.8 Å². The molecular formula is C31H40N2O7. The van der Waals surface area contributed by atoms with Crippen LogP contribution in [0.15, 0.2) is 42.5 Å². The minimum Gasteiger partial charge on any atom is -0.496 e. The fraction of sp³-hybridized carbons (Fsp3) is 0.516. The molecule has 1 saturated heterocycles. The van der Waals surface area contributed by atoms with Crippen LogP contribution in [0.5, 0.6) is 5.75 Å². The van der Waals surface area contributed by atoms with Crippen molar-refractivity contribution in [3.8, 4) is 5.75 Å². The minimum atomic E-state index is -0.979. The molecule has 0 aliphatic carbocycles. The number of rotatable bonds is 3. The summed E-state index contributed by atoms with van der Waals surface area (Å²) in [5.74, 6) is -0.161. The summed E-state index contributed by atoms with van der Waals surface area (Å²) in [4.78, 5) is 41.3. The van der Waals surface area contributed by atoms with Crippen molar-refractivity contribution in [3.05, 3.63) is 53.6 Å². The molecule has 1 N–H and O–H groups in total. The Bertz CT molecular complexity index is 1300. The lowest BCUT2D eigenvalue weighted by Gasteiger charge is -2.35. The standard InChI is InChI=1S/C31H40N2O7/c1-30(2,3)26-27(34)33-19-31(39-6,18-24(33)28(35)38-5)21-14-12-20-13-15-25(37-4)22(23(20)17-21)11-9-7-8-10-16-40-29(36)32-26/h7,9,12-15,17,24,26H,8,10-11,16,18-19H2,1-6H3,(H,32,36)/b9-7-/t24-,26+,31-/m0/s1. The molecule has 40 heavy (non-hydrogen) atoms. The van der Waals surface area contributed by atoms with Gasteiger partial charge in [-0.05, 0) is 53.1 Å². The molecule has 2 aromatic rings. The number of alkyl carbamates (subject to hydrolysis) is 1. The maximum atomic E-state index is 14.1. The summed E-state index contributed by atoms with van der Waals surface area (Å²) in [5, 5.41) is 4.82. The zero-order valence-electron chi connectivity index (χ0n) is 24.2. The molecule has 0 spiro atoms. The zero-order valence-corrected chi connectivity index (χ0v) is 24.2. The third kappa shape index (κ3) is 5.80. The molecule has 4 rings (SSSR count). The van der Waals surface area contributed by atoms with Gasteiger partial charge >= 0.3 is 12.1 Å². The summed E-state index contributed by atoms with van der Waals surface area (Å²) >= 11 is 0. The third-order valence-electron chi connectivity index (χ3n) is 7.92. The second-order valence-electron chi connectivity index (χ2n) is 11.5. The van der Waals surface area contributed by atoms with Crippen molar-refractivity contribution >= 4 is 28.7 Å². The van der Waals surface area contributed by atoms with Crippen molar-refractivity contribution in [1.82, 2.24) is 10.2 Å². The van der Waals surface area contributed by atoms with Crippen molar-refractivity contribution in [2.24, 2.45) is 5.41 Å². The molecule has 9 heteroatoms. The van der Waals surface area contributed by atoms with Crippen LogP contribution >= 0.6 is 0 Å². The van der Waals surface area contributed by atoms with Gasteiger partial charge in [0.15, 0.2) is 0 Å². The lowest BCUT2D eigenvalue weighted by molar-refractivity contribution is -0.152. The van der Waals surface area contributed by atoms with E-state index in [9.17, 15) is 14.4 Å². The second kappa shape index (κ2) is 11.9. The van der Waals surface area contributed by atoms with E-state index in [0.717, 1.165) is 34.1 Å². The highest BCUT2D eigenvalue weighted by atomic mass is 16.5. The van der Waals surface area contributed by atoms with Gasteiger partial charge in [0.2, 0.25) is 5.91 Å². The summed E-state index contributed by atoms with van der Waals surface area (Å²) in [6.45, 7) is 5.90. The highest BCUT2D eigenvalue weighted by Gasteiger charge is 2.53. The number of hydrogen-bond donors (Lipinski definition) is 1. The number of methoxy groups -OCH3 is 3. The average Bonchev–Trinajstić information content (AvgIpc) is 3.34. The first-order valence-corrected chi connectivity index (χ1v) is 13.7. The van der Waals surface area contributed by atoms with Crippen LogP contribution in [-0.2, 0) is 35.8 Å². The molecule has 0 unspecified atom stereocenters. The second-order valence-corrected chi connectivity index (χ2v) is 11.5. The molecule has 4 bridgehead atoms. The largest absolute Gasteiger partial charge is 0.496 e. The molecule has 216 valence electrons. The van der Waals surface area contributed by atoms with Gasteiger partial charge in [0.25, 0.3) is 0 Å². The lowest BCUT2D eigenvalue weighted by atomic mass is 9.85. The first-order valence-electron chi connectivity index (χ1n) is 13.7. The molecular weight excluding hydrogens is 512 g/mol. The molecule has 1 fully saturated rings. The highest BCUT2D eigenvalue weighted by Crippen LogP contribution is 2.42. The van der Waals surface area contributed by atoms with Crippen LogP contribution in [0.2, 0.25) is 0 Å². The topological polar surface area (TPSA) is 103 Å². The number of allylic oxidation sites excluding steroid dienone is 2. The van der Waals surface area contributed by atoms with E-state index < -0.39 is 41.1 Å². The monoisotopic (exact) mass is 552 g/mol. The molecule has 0 saturated carbocycles. The summed E-state index contributed by atoms with van der Waals surface area (Å²) in [7, 11) is 4.55. The van der Waals surface area contributed by atoms with Crippen LogP contribution in [0.4, 0.5) is 4.79 Å². The average molecular weight is 553 g/mol. The molecule has 2 aromatic carbocycles. The predicted molar refractivity (Wildman–Crippen MR) is 151 cm³/mol. The number of fused-ring (bicyclic) bond motifs is 4. The Kier molecular flexibility index (Phi) is 8.73. The molecule has 2 aliphatic heterocycles. The maximum absolute atomic E-state index is 14.1. The molecule has 2 amide bonds. The van der Waals surface area contributed by atoms with Gasteiger partial charge in [-0.1, -0.05) is 51.1 Å². The molecule has 2 heterocycles. The summed E-state index contributed by atoms with van der Waals surface area (Å²) in [5.41, 5.74) is 0.232. The quantitative estimate of drug-likeness (QED) is 0.442. The van der Waals surface area contributed by atoms with E-state index in [1.165, 1.54) is 12.0 Å². The van der Waals surface area contributed by atoms with Gasteiger partial charge in [-0.25, -0.2) is 9.59 Å². The zero-order chi connectivity index (χ0) is 29.1. The Morgan fingerprint density at radius 1 is 1.10 bits per heavy atom. The third-order valence-corrected chi connectivity index (χ3v) is 7.92. The summed E-state index contributed by atoms with van der Waals surface area (Å²) in [6, 6.07) is 8.24.